The van der Waals surface area contributed by atoms with E-state index in [9.17, 15) is 9.59 Å². The van der Waals surface area contributed by atoms with Gasteiger partial charge < -0.3 is 14.5 Å². The SMILES string of the molecule is COC(=O)[C@](C)(CNC(=O)c1ccoc1C)c1ccccc1. The molecule has 0 saturated heterocycles. The maximum Gasteiger partial charge on any atom is 0.317 e. The van der Waals surface area contributed by atoms with Gasteiger partial charge in [0.1, 0.15) is 11.2 Å². The van der Waals surface area contributed by atoms with Crippen LogP contribution in [0.5, 0.6) is 0 Å². The van der Waals surface area contributed by atoms with E-state index in [-0.39, 0.29) is 12.5 Å². The first-order valence-corrected chi connectivity index (χ1v) is 6.95. The molecule has 1 atom stereocenters. The van der Waals surface area contributed by atoms with Crippen molar-refractivity contribution in [3.63, 3.8) is 0 Å². The lowest BCUT2D eigenvalue weighted by Crippen LogP contribution is -2.45. The van der Waals surface area contributed by atoms with Gasteiger partial charge in [-0.2, -0.15) is 0 Å². The van der Waals surface area contributed by atoms with Crippen molar-refractivity contribution in [2.45, 2.75) is 19.3 Å². The molecular weight excluding hydrogens is 282 g/mol. The highest BCUT2D eigenvalue weighted by Crippen LogP contribution is 2.24. The number of methoxy groups -OCH3 is 1. The van der Waals surface area contributed by atoms with E-state index in [0.29, 0.717) is 11.3 Å². The van der Waals surface area contributed by atoms with E-state index >= 15 is 0 Å². The van der Waals surface area contributed by atoms with Crippen molar-refractivity contribution in [3.8, 4) is 0 Å². The summed E-state index contributed by atoms with van der Waals surface area (Å²) in [5.41, 5.74) is 0.287. The van der Waals surface area contributed by atoms with Gasteiger partial charge in [0, 0.05) is 6.54 Å². The smallest absolute Gasteiger partial charge is 0.317 e. The number of esters is 1. The molecule has 22 heavy (non-hydrogen) atoms. The number of carbonyl (C=O) groups is 2. The fourth-order valence-corrected chi connectivity index (χ4v) is 2.30. The lowest BCUT2D eigenvalue weighted by Gasteiger charge is -2.27. The molecule has 0 aliphatic rings. The van der Waals surface area contributed by atoms with Crippen molar-refractivity contribution in [2.75, 3.05) is 13.7 Å². The number of ether oxygens (including phenoxy) is 1. The largest absolute Gasteiger partial charge is 0.469 e. The predicted molar refractivity (Wildman–Crippen MR) is 81.6 cm³/mol. The average Bonchev–Trinajstić information content (AvgIpc) is 2.98. The van der Waals surface area contributed by atoms with Crippen molar-refractivity contribution >= 4 is 11.9 Å². The molecule has 0 bridgehead atoms. The molecule has 0 aliphatic heterocycles. The van der Waals surface area contributed by atoms with Crippen molar-refractivity contribution in [2.24, 2.45) is 0 Å². The van der Waals surface area contributed by atoms with E-state index in [1.54, 1.807) is 19.9 Å². The third-order valence-corrected chi connectivity index (χ3v) is 3.75. The summed E-state index contributed by atoms with van der Waals surface area (Å²) < 4.78 is 10.0. The van der Waals surface area contributed by atoms with Crippen LogP contribution in [0.1, 0.15) is 28.6 Å². The second kappa shape index (κ2) is 6.47. The summed E-state index contributed by atoms with van der Waals surface area (Å²) in [5, 5.41) is 2.78. The number of benzene rings is 1. The van der Waals surface area contributed by atoms with Crippen LogP contribution in [0.3, 0.4) is 0 Å². The monoisotopic (exact) mass is 301 g/mol. The maximum absolute atomic E-state index is 12.2. The molecule has 2 rings (SSSR count). The summed E-state index contributed by atoms with van der Waals surface area (Å²) in [6.07, 6.45) is 1.46. The zero-order valence-corrected chi connectivity index (χ0v) is 12.9. The molecule has 1 N–H and O–H groups in total. The number of rotatable bonds is 5. The summed E-state index contributed by atoms with van der Waals surface area (Å²) in [7, 11) is 1.34. The number of hydrogen-bond acceptors (Lipinski definition) is 4. The van der Waals surface area contributed by atoms with Gasteiger partial charge >= 0.3 is 5.97 Å². The Kier molecular flexibility index (Phi) is 4.65. The van der Waals surface area contributed by atoms with E-state index in [2.05, 4.69) is 5.32 Å². The number of furan rings is 1. The van der Waals surface area contributed by atoms with Gasteiger partial charge in [-0.05, 0) is 25.5 Å². The molecule has 1 aromatic carbocycles. The molecule has 0 saturated carbocycles. The Bertz CT molecular complexity index is 662. The molecule has 0 unspecified atom stereocenters. The number of aryl methyl sites for hydroxylation is 1. The molecule has 1 heterocycles. The van der Waals surface area contributed by atoms with Crippen molar-refractivity contribution < 1.29 is 18.7 Å². The quantitative estimate of drug-likeness (QED) is 0.861. The second-order valence-corrected chi connectivity index (χ2v) is 5.26. The van der Waals surface area contributed by atoms with Crippen LogP contribution in [0, 0.1) is 6.92 Å². The Morgan fingerprint density at radius 2 is 1.91 bits per heavy atom. The van der Waals surface area contributed by atoms with Crippen LogP contribution in [0.25, 0.3) is 0 Å². The Hall–Kier alpha value is -2.56. The minimum absolute atomic E-state index is 0.132. The van der Waals surface area contributed by atoms with Crippen molar-refractivity contribution in [1.82, 2.24) is 5.32 Å². The van der Waals surface area contributed by atoms with E-state index in [1.165, 1.54) is 13.4 Å². The van der Waals surface area contributed by atoms with Gasteiger partial charge in [0.25, 0.3) is 5.91 Å². The van der Waals surface area contributed by atoms with Crippen molar-refractivity contribution in [1.29, 1.82) is 0 Å². The van der Waals surface area contributed by atoms with Crippen LogP contribution in [-0.2, 0) is 14.9 Å². The molecule has 1 aromatic heterocycles. The summed E-state index contributed by atoms with van der Waals surface area (Å²) in [4.78, 5) is 24.4. The number of nitrogens with one attached hydrogen (secondary N) is 1. The molecular formula is C17H19NO4. The fourth-order valence-electron chi connectivity index (χ4n) is 2.30. The maximum atomic E-state index is 12.2. The van der Waals surface area contributed by atoms with Gasteiger partial charge in [0.05, 0.1) is 18.9 Å². The molecule has 116 valence electrons. The summed E-state index contributed by atoms with van der Waals surface area (Å²) in [6.45, 7) is 3.59. The molecule has 2 aromatic rings. The fraction of sp³-hybridized carbons (Fsp3) is 0.294. The van der Waals surface area contributed by atoms with E-state index in [1.807, 2.05) is 30.3 Å². The highest BCUT2D eigenvalue weighted by Gasteiger charge is 2.37. The van der Waals surface area contributed by atoms with Crippen LogP contribution in [0.4, 0.5) is 0 Å². The first-order valence-electron chi connectivity index (χ1n) is 6.95. The van der Waals surface area contributed by atoms with E-state index in [0.717, 1.165) is 5.56 Å². The van der Waals surface area contributed by atoms with Gasteiger partial charge in [0.2, 0.25) is 0 Å². The molecule has 5 nitrogen and oxygen atoms in total. The Morgan fingerprint density at radius 1 is 1.23 bits per heavy atom. The molecule has 0 radical (unpaired) electrons. The Balaban J connectivity index is 2.20. The highest BCUT2D eigenvalue weighted by molar-refractivity contribution is 5.95. The molecule has 0 fully saturated rings. The van der Waals surface area contributed by atoms with Crippen LogP contribution in [-0.4, -0.2) is 25.5 Å². The van der Waals surface area contributed by atoms with Crippen LogP contribution in [0.2, 0.25) is 0 Å². The highest BCUT2D eigenvalue weighted by atomic mass is 16.5. The van der Waals surface area contributed by atoms with Gasteiger partial charge in [-0.25, -0.2) is 0 Å². The van der Waals surface area contributed by atoms with E-state index < -0.39 is 11.4 Å². The summed E-state index contributed by atoms with van der Waals surface area (Å²) in [5.74, 6) is -0.141. The third-order valence-electron chi connectivity index (χ3n) is 3.75. The zero-order chi connectivity index (χ0) is 16.2. The zero-order valence-electron chi connectivity index (χ0n) is 12.9. The molecule has 5 heteroatoms. The predicted octanol–water partition coefficient (Wildman–Crippen LogP) is 2.45. The van der Waals surface area contributed by atoms with Gasteiger partial charge in [-0.3, -0.25) is 9.59 Å². The van der Waals surface area contributed by atoms with Crippen LogP contribution >= 0.6 is 0 Å². The molecule has 0 spiro atoms. The van der Waals surface area contributed by atoms with Crippen molar-refractivity contribution in [3.05, 3.63) is 59.5 Å². The second-order valence-electron chi connectivity index (χ2n) is 5.26. The average molecular weight is 301 g/mol. The normalized spacial score (nSPS) is 13.2. The van der Waals surface area contributed by atoms with Gasteiger partial charge in [-0.15, -0.1) is 0 Å². The number of amides is 1. The Morgan fingerprint density at radius 3 is 2.45 bits per heavy atom. The first-order chi connectivity index (χ1) is 10.5. The molecule has 0 aliphatic carbocycles. The minimum Gasteiger partial charge on any atom is -0.469 e. The topological polar surface area (TPSA) is 68.5 Å². The summed E-state index contributed by atoms with van der Waals surface area (Å²) >= 11 is 0. The van der Waals surface area contributed by atoms with Gasteiger partial charge in [-0.1, -0.05) is 30.3 Å². The number of hydrogen-bond donors (Lipinski definition) is 1. The lowest BCUT2D eigenvalue weighted by atomic mass is 9.82. The van der Waals surface area contributed by atoms with E-state index in [4.69, 9.17) is 9.15 Å². The minimum atomic E-state index is -0.955. The van der Waals surface area contributed by atoms with Gasteiger partial charge in [0.15, 0.2) is 0 Å². The van der Waals surface area contributed by atoms with Crippen LogP contribution < -0.4 is 5.32 Å². The summed E-state index contributed by atoms with van der Waals surface area (Å²) in [6, 6.07) is 10.8. The third kappa shape index (κ3) is 3.03. The lowest BCUT2D eigenvalue weighted by molar-refractivity contribution is -0.146. The molecule has 1 amide bonds. The first kappa shape index (κ1) is 15.8. The Labute approximate surface area is 129 Å². The standard InChI is InChI=1S/C17H19NO4/c1-12-14(9-10-22-12)15(19)18-11-17(2,16(20)21-3)13-7-5-4-6-8-13/h4-10H,11H2,1-3H3,(H,18,19)/t17-/m1/s1. The van der Waals surface area contributed by atoms with Crippen LogP contribution in [0.15, 0.2) is 47.1 Å². The number of carbonyl (C=O) groups excluding carboxylic acids is 2.